The molecule has 7 heteroatoms. The Morgan fingerprint density at radius 1 is 1.67 bits per heavy atom. The van der Waals surface area contributed by atoms with E-state index in [9.17, 15) is 9.59 Å². The van der Waals surface area contributed by atoms with Crippen LogP contribution in [0.25, 0.3) is 0 Å². The van der Waals surface area contributed by atoms with Crippen LogP contribution in [0.1, 0.15) is 27.4 Å². The van der Waals surface area contributed by atoms with Gasteiger partial charge in [-0.3, -0.25) is 19.5 Å². The molecule has 0 atom stereocenters. The van der Waals surface area contributed by atoms with Crippen LogP contribution in [0, 0.1) is 0 Å². The maximum absolute atomic E-state index is 11.5. The molecule has 2 amide bonds. The fourth-order valence-corrected chi connectivity index (χ4v) is 1.46. The maximum atomic E-state index is 11.5. The van der Waals surface area contributed by atoms with Gasteiger partial charge in [-0.05, 0) is 6.42 Å². The van der Waals surface area contributed by atoms with Gasteiger partial charge in [0, 0.05) is 19.2 Å². The number of nitrogens with zero attached hydrogens (tertiary/aromatic N) is 2. The number of rotatable bonds is 1. The summed E-state index contributed by atoms with van der Waals surface area (Å²) in [4.78, 5) is 22.5. The number of aryl methyl sites for hydroxylation is 1. The minimum atomic E-state index is -0.719. The second-order valence-electron chi connectivity index (χ2n) is 3.19. The number of hydrogen-bond acceptors (Lipinski definition) is 4. The number of carbonyl (C=O) groups excluding carboxylic acids is 2. The molecule has 1 aromatic rings. The van der Waals surface area contributed by atoms with E-state index in [-0.39, 0.29) is 11.6 Å². The number of fused-ring (bicyclic) bond motifs is 1. The van der Waals surface area contributed by atoms with E-state index in [2.05, 4.69) is 10.4 Å². The molecule has 80 valence electrons. The van der Waals surface area contributed by atoms with Crippen LogP contribution in [-0.2, 0) is 6.54 Å². The van der Waals surface area contributed by atoms with Gasteiger partial charge < -0.3 is 5.32 Å². The van der Waals surface area contributed by atoms with E-state index in [0.29, 0.717) is 18.8 Å². The average molecular weight is 210 g/mol. The number of carbonyl (C=O) groups is 2. The first-order valence-corrected chi connectivity index (χ1v) is 4.53. The van der Waals surface area contributed by atoms with Gasteiger partial charge in [-0.25, -0.2) is 5.48 Å². The topological polar surface area (TPSA) is 96.2 Å². The number of hydrogen-bond donors (Lipinski definition) is 3. The van der Waals surface area contributed by atoms with Crippen molar-refractivity contribution < 1.29 is 14.8 Å². The molecule has 0 radical (unpaired) electrons. The van der Waals surface area contributed by atoms with Crippen LogP contribution < -0.4 is 10.8 Å². The zero-order valence-electron chi connectivity index (χ0n) is 7.86. The van der Waals surface area contributed by atoms with Crippen LogP contribution in [0.5, 0.6) is 0 Å². The molecule has 3 N–H and O–H groups in total. The van der Waals surface area contributed by atoms with Crippen molar-refractivity contribution in [3.05, 3.63) is 17.5 Å². The van der Waals surface area contributed by atoms with E-state index in [1.807, 2.05) is 0 Å². The Hall–Kier alpha value is -1.89. The molecular weight excluding hydrogens is 200 g/mol. The Balaban J connectivity index is 2.37. The predicted octanol–water partition coefficient (Wildman–Crippen LogP) is -0.864. The summed E-state index contributed by atoms with van der Waals surface area (Å²) in [6.45, 7) is 1.18. The highest BCUT2D eigenvalue weighted by molar-refractivity contribution is 5.97. The molecule has 0 bridgehead atoms. The van der Waals surface area contributed by atoms with Gasteiger partial charge in [-0.2, -0.15) is 5.10 Å². The molecule has 1 aliphatic heterocycles. The standard InChI is InChI=1S/C8H10N4O3/c13-7(11-15)5-4-6-8(14)9-2-1-3-12(6)10-5/h4,15H,1-3H2,(H,9,14)(H,11,13). The first-order chi connectivity index (χ1) is 7.22. The molecule has 0 saturated carbocycles. The van der Waals surface area contributed by atoms with Gasteiger partial charge in [0.05, 0.1) is 0 Å². The average Bonchev–Trinajstić information content (AvgIpc) is 2.60. The summed E-state index contributed by atoms with van der Waals surface area (Å²) in [6.07, 6.45) is 0.764. The van der Waals surface area contributed by atoms with Crippen molar-refractivity contribution in [1.29, 1.82) is 0 Å². The van der Waals surface area contributed by atoms with E-state index in [0.717, 1.165) is 6.42 Å². The molecule has 0 spiro atoms. The SMILES string of the molecule is O=C(NO)c1cc2n(n1)CCCNC2=O. The molecule has 0 saturated heterocycles. The second-order valence-corrected chi connectivity index (χ2v) is 3.19. The van der Waals surface area contributed by atoms with Crippen LogP contribution in [-0.4, -0.2) is 33.3 Å². The van der Waals surface area contributed by atoms with Crippen molar-refractivity contribution in [2.45, 2.75) is 13.0 Å². The lowest BCUT2D eigenvalue weighted by atomic mass is 10.3. The second kappa shape index (κ2) is 3.70. The Labute approximate surface area is 85.0 Å². The first kappa shape index (κ1) is 9.66. The van der Waals surface area contributed by atoms with Gasteiger partial charge in [0.2, 0.25) is 0 Å². The summed E-state index contributed by atoms with van der Waals surface area (Å²) < 4.78 is 1.47. The maximum Gasteiger partial charge on any atom is 0.295 e. The van der Waals surface area contributed by atoms with E-state index in [1.54, 1.807) is 0 Å². The van der Waals surface area contributed by atoms with Gasteiger partial charge in [0.1, 0.15) is 5.69 Å². The van der Waals surface area contributed by atoms with E-state index >= 15 is 0 Å². The summed E-state index contributed by atoms with van der Waals surface area (Å²) in [5.41, 5.74) is 1.85. The molecule has 2 rings (SSSR count). The van der Waals surface area contributed by atoms with Crippen LogP contribution in [0.4, 0.5) is 0 Å². The van der Waals surface area contributed by atoms with Crippen molar-refractivity contribution in [2.24, 2.45) is 0 Å². The fraction of sp³-hybridized carbons (Fsp3) is 0.375. The third-order valence-corrected chi connectivity index (χ3v) is 2.18. The zero-order valence-corrected chi connectivity index (χ0v) is 7.86. The third kappa shape index (κ3) is 1.68. The van der Waals surface area contributed by atoms with Crippen LogP contribution >= 0.6 is 0 Å². The molecule has 2 heterocycles. The first-order valence-electron chi connectivity index (χ1n) is 4.53. The van der Waals surface area contributed by atoms with Crippen molar-refractivity contribution in [3.8, 4) is 0 Å². The van der Waals surface area contributed by atoms with Crippen LogP contribution in [0.2, 0.25) is 0 Å². The quantitative estimate of drug-likeness (QED) is 0.415. The molecule has 1 aliphatic rings. The van der Waals surface area contributed by atoms with Gasteiger partial charge >= 0.3 is 0 Å². The largest absolute Gasteiger partial charge is 0.351 e. The molecule has 7 nitrogen and oxygen atoms in total. The Bertz CT molecular complexity index is 412. The summed E-state index contributed by atoms with van der Waals surface area (Å²) in [7, 11) is 0. The van der Waals surface area contributed by atoms with Gasteiger partial charge in [-0.15, -0.1) is 0 Å². The van der Waals surface area contributed by atoms with E-state index in [1.165, 1.54) is 16.2 Å². The smallest absolute Gasteiger partial charge is 0.295 e. The Kier molecular flexibility index (Phi) is 2.38. The zero-order chi connectivity index (χ0) is 10.8. The van der Waals surface area contributed by atoms with Gasteiger partial charge in [0.25, 0.3) is 11.8 Å². The number of amides is 2. The van der Waals surface area contributed by atoms with Crippen molar-refractivity contribution in [2.75, 3.05) is 6.54 Å². The van der Waals surface area contributed by atoms with E-state index < -0.39 is 5.91 Å². The molecule has 1 aromatic heterocycles. The number of hydroxylamine groups is 1. The molecule has 0 aromatic carbocycles. The van der Waals surface area contributed by atoms with Crippen LogP contribution in [0.15, 0.2) is 6.07 Å². The molecular formula is C8H10N4O3. The molecule has 15 heavy (non-hydrogen) atoms. The van der Waals surface area contributed by atoms with E-state index in [4.69, 9.17) is 5.21 Å². The predicted molar refractivity (Wildman–Crippen MR) is 48.4 cm³/mol. The van der Waals surface area contributed by atoms with Crippen LogP contribution in [0.3, 0.4) is 0 Å². The van der Waals surface area contributed by atoms with Crippen molar-refractivity contribution >= 4 is 11.8 Å². The minimum Gasteiger partial charge on any atom is -0.351 e. The minimum absolute atomic E-state index is 0.0320. The fourth-order valence-electron chi connectivity index (χ4n) is 1.46. The monoisotopic (exact) mass is 210 g/mol. The van der Waals surface area contributed by atoms with Crippen molar-refractivity contribution in [3.63, 3.8) is 0 Å². The highest BCUT2D eigenvalue weighted by Crippen LogP contribution is 2.08. The Morgan fingerprint density at radius 3 is 3.20 bits per heavy atom. The summed E-state index contributed by atoms with van der Waals surface area (Å²) in [5.74, 6) is -0.972. The summed E-state index contributed by atoms with van der Waals surface area (Å²) >= 11 is 0. The lowest BCUT2D eigenvalue weighted by Gasteiger charge is -1.97. The summed E-state index contributed by atoms with van der Waals surface area (Å²) in [6, 6.07) is 1.35. The van der Waals surface area contributed by atoms with Gasteiger partial charge in [-0.1, -0.05) is 0 Å². The van der Waals surface area contributed by atoms with Crippen molar-refractivity contribution in [1.82, 2.24) is 20.6 Å². The number of nitrogens with one attached hydrogen (secondary N) is 2. The third-order valence-electron chi connectivity index (χ3n) is 2.18. The molecule has 0 aliphatic carbocycles. The highest BCUT2D eigenvalue weighted by Gasteiger charge is 2.20. The summed E-state index contributed by atoms with van der Waals surface area (Å²) in [5, 5.41) is 15.0. The number of aromatic nitrogens is 2. The van der Waals surface area contributed by atoms with Gasteiger partial charge in [0.15, 0.2) is 5.69 Å². The lowest BCUT2D eigenvalue weighted by Crippen LogP contribution is -2.23. The normalized spacial score (nSPS) is 15.1. The molecule has 0 unspecified atom stereocenters. The lowest BCUT2D eigenvalue weighted by molar-refractivity contribution is 0.0699. The highest BCUT2D eigenvalue weighted by atomic mass is 16.5. The Morgan fingerprint density at radius 2 is 2.47 bits per heavy atom. The molecule has 0 fully saturated rings.